The Bertz CT molecular complexity index is 398. The lowest BCUT2D eigenvalue weighted by Crippen LogP contribution is -2.21. The number of rotatable bonds is 6. The van der Waals surface area contributed by atoms with Crippen molar-refractivity contribution >= 4 is 6.21 Å². The summed E-state index contributed by atoms with van der Waals surface area (Å²) in [7, 11) is 3.86. The Morgan fingerprint density at radius 1 is 1.39 bits per heavy atom. The van der Waals surface area contributed by atoms with Gasteiger partial charge in [0.25, 0.3) is 0 Å². The minimum absolute atomic E-state index is 0.586. The molecule has 0 saturated carbocycles. The third-order valence-electron chi connectivity index (χ3n) is 3.67. The second-order valence-electron chi connectivity index (χ2n) is 4.97. The summed E-state index contributed by atoms with van der Waals surface area (Å²) in [5, 5.41) is 0. The molecule has 1 aromatic carbocycles. The van der Waals surface area contributed by atoms with Crippen molar-refractivity contribution in [3.63, 3.8) is 0 Å². The normalized spacial score (nSPS) is 15.3. The van der Waals surface area contributed by atoms with Gasteiger partial charge in [0.1, 0.15) is 25.6 Å². The maximum atomic E-state index is 5.31. The van der Waals surface area contributed by atoms with E-state index in [1.165, 1.54) is 5.56 Å². The summed E-state index contributed by atoms with van der Waals surface area (Å²) in [5.41, 5.74) is 1.38. The quantitative estimate of drug-likeness (QED) is 0.554. The van der Waals surface area contributed by atoms with Crippen LogP contribution < -0.4 is 4.74 Å². The molecular formula is C16H26NO+. The van der Waals surface area contributed by atoms with Gasteiger partial charge in [0, 0.05) is 12.8 Å². The van der Waals surface area contributed by atoms with Gasteiger partial charge in [0.2, 0.25) is 0 Å². The van der Waals surface area contributed by atoms with E-state index >= 15 is 0 Å². The second-order valence-corrected chi connectivity index (χ2v) is 4.97. The number of hydrogen-bond acceptors (Lipinski definition) is 1. The molecule has 100 valence electrons. The van der Waals surface area contributed by atoms with Gasteiger partial charge in [-0.25, -0.2) is 4.58 Å². The molecule has 2 nitrogen and oxygen atoms in total. The molecule has 1 rings (SSSR count). The molecule has 0 aliphatic heterocycles. The maximum Gasteiger partial charge on any atom is 0.145 e. The number of methoxy groups -OCH3 is 1. The number of ether oxygens (including phenoxy) is 1. The molecule has 18 heavy (non-hydrogen) atoms. The van der Waals surface area contributed by atoms with E-state index in [0.717, 1.165) is 18.7 Å². The third kappa shape index (κ3) is 3.86. The van der Waals surface area contributed by atoms with Crippen molar-refractivity contribution in [2.24, 2.45) is 5.92 Å². The number of hydrogen-bond donors (Lipinski definition) is 0. The van der Waals surface area contributed by atoms with Gasteiger partial charge in [-0.2, -0.15) is 0 Å². The van der Waals surface area contributed by atoms with E-state index < -0.39 is 0 Å². The Labute approximate surface area is 111 Å². The summed E-state index contributed by atoms with van der Waals surface area (Å²) >= 11 is 0. The van der Waals surface area contributed by atoms with Gasteiger partial charge in [-0.15, -0.1) is 0 Å². The molecule has 0 aliphatic carbocycles. The highest BCUT2D eigenvalue weighted by atomic mass is 16.5. The monoisotopic (exact) mass is 248 g/mol. The second kappa shape index (κ2) is 7.20. The van der Waals surface area contributed by atoms with Crippen molar-refractivity contribution in [3.05, 3.63) is 29.8 Å². The van der Waals surface area contributed by atoms with Crippen LogP contribution in [0.3, 0.4) is 0 Å². The highest BCUT2D eigenvalue weighted by Gasteiger charge is 2.20. The Morgan fingerprint density at radius 3 is 2.67 bits per heavy atom. The fourth-order valence-corrected chi connectivity index (χ4v) is 2.53. The molecule has 0 aliphatic rings. The van der Waals surface area contributed by atoms with E-state index in [4.69, 9.17) is 4.74 Å². The average molecular weight is 248 g/mol. The molecule has 0 radical (unpaired) electrons. The third-order valence-corrected chi connectivity index (χ3v) is 3.67. The Kier molecular flexibility index (Phi) is 5.90. The SMILES string of the molecule is CC=[N+](C)CC(C)C(CC)c1cccc(OC)c1. The zero-order valence-corrected chi connectivity index (χ0v) is 12.3. The van der Waals surface area contributed by atoms with Crippen LogP contribution >= 0.6 is 0 Å². The predicted octanol–water partition coefficient (Wildman–Crippen LogP) is 3.56. The fraction of sp³-hybridized carbons (Fsp3) is 0.562. The lowest BCUT2D eigenvalue weighted by molar-refractivity contribution is -0.501. The zero-order valence-electron chi connectivity index (χ0n) is 12.3. The van der Waals surface area contributed by atoms with Crippen LogP contribution in [0.25, 0.3) is 0 Å². The summed E-state index contributed by atoms with van der Waals surface area (Å²) < 4.78 is 7.57. The lowest BCUT2D eigenvalue weighted by Gasteiger charge is -2.21. The largest absolute Gasteiger partial charge is 0.497 e. The van der Waals surface area contributed by atoms with Crippen LogP contribution in [0.4, 0.5) is 0 Å². The molecule has 0 spiro atoms. The van der Waals surface area contributed by atoms with Crippen molar-refractivity contribution in [1.82, 2.24) is 0 Å². The molecule has 0 amide bonds. The summed E-state index contributed by atoms with van der Waals surface area (Å²) in [6.07, 6.45) is 3.29. The first-order valence-corrected chi connectivity index (χ1v) is 6.76. The van der Waals surface area contributed by atoms with Crippen LogP contribution in [-0.2, 0) is 0 Å². The summed E-state index contributed by atoms with van der Waals surface area (Å²) in [6, 6.07) is 8.47. The van der Waals surface area contributed by atoms with Crippen LogP contribution in [0.1, 0.15) is 38.7 Å². The van der Waals surface area contributed by atoms with Crippen molar-refractivity contribution in [1.29, 1.82) is 0 Å². The minimum atomic E-state index is 0.586. The molecule has 0 N–H and O–H groups in total. The molecule has 0 saturated heterocycles. The molecule has 0 heterocycles. The van der Waals surface area contributed by atoms with Crippen LogP contribution in [0, 0.1) is 5.92 Å². The van der Waals surface area contributed by atoms with Gasteiger partial charge >= 0.3 is 0 Å². The first-order chi connectivity index (χ1) is 8.62. The summed E-state index contributed by atoms with van der Waals surface area (Å²) in [5.74, 6) is 2.17. The van der Waals surface area contributed by atoms with Crippen molar-refractivity contribution in [2.75, 3.05) is 20.7 Å². The van der Waals surface area contributed by atoms with Gasteiger partial charge in [-0.3, -0.25) is 0 Å². The van der Waals surface area contributed by atoms with Crippen molar-refractivity contribution in [3.8, 4) is 5.75 Å². The van der Waals surface area contributed by atoms with Gasteiger partial charge < -0.3 is 4.74 Å². The first-order valence-electron chi connectivity index (χ1n) is 6.76. The van der Waals surface area contributed by atoms with E-state index in [0.29, 0.717) is 11.8 Å². The van der Waals surface area contributed by atoms with E-state index in [2.05, 4.69) is 56.8 Å². The summed E-state index contributed by atoms with van der Waals surface area (Å²) in [6.45, 7) is 7.76. The smallest absolute Gasteiger partial charge is 0.145 e. The summed E-state index contributed by atoms with van der Waals surface area (Å²) in [4.78, 5) is 0. The van der Waals surface area contributed by atoms with E-state index in [1.807, 2.05) is 6.07 Å². The zero-order chi connectivity index (χ0) is 13.5. The topological polar surface area (TPSA) is 12.2 Å². The van der Waals surface area contributed by atoms with Crippen molar-refractivity contribution in [2.45, 2.75) is 33.1 Å². The van der Waals surface area contributed by atoms with Crippen molar-refractivity contribution < 1.29 is 9.31 Å². The Morgan fingerprint density at radius 2 is 2.11 bits per heavy atom. The standard InChI is InChI=1S/C16H26NO/c1-6-16(13(3)12-17(4)7-2)14-9-8-10-15(11-14)18-5/h7-11,13,16H,6,12H2,1-5H3/q+1. The van der Waals surface area contributed by atoms with Gasteiger partial charge in [0.15, 0.2) is 0 Å². The Balaban J connectivity index is 2.87. The molecule has 0 bridgehead atoms. The van der Waals surface area contributed by atoms with Gasteiger partial charge in [-0.1, -0.05) is 26.0 Å². The van der Waals surface area contributed by atoms with Crippen LogP contribution in [0.15, 0.2) is 24.3 Å². The highest BCUT2D eigenvalue weighted by molar-refractivity contribution is 5.46. The molecular weight excluding hydrogens is 222 g/mol. The maximum absolute atomic E-state index is 5.31. The molecule has 1 aromatic rings. The highest BCUT2D eigenvalue weighted by Crippen LogP contribution is 2.30. The van der Waals surface area contributed by atoms with E-state index in [-0.39, 0.29) is 0 Å². The lowest BCUT2D eigenvalue weighted by atomic mass is 9.85. The fourth-order valence-electron chi connectivity index (χ4n) is 2.53. The first kappa shape index (κ1) is 14.7. The van der Waals surface area contributed by atoms with E-state index in [9.17, 15) is 0 Å². The van der Waals surface area contributed by atoms with Gasteiger partial charge in [0.05, 0.1) is 7.11 Å². The van der Waals surface area contributed by atoms with Crippen LogP contribution in [-0.4, -0.2) is 31.5 Å². The molecule has 2 unspecified atom stereocenters. The molecule has 0 fully saturated rings. The molecule has 0 aromatic heterocycles. The van der Waals surface area contributed by atoms with E-state index in [1.54, 1.807) is 7.11 Å². The van der Waals surface area contributed by atoms with Crippen LogP contribution in [0.5, 0.6) is 5.75 Å². The molecule has 2 heteroatoms. The number of nitrogens with zero attached hydrogens (tertiary/aromatic N) is 1. The van der Waals surface area contributed by atoms with Gasteiger partial charge in [-0.05, 0) is 30.0 Å². The predicted molar refractivity (Wildman–Crippen MR) is 78.0 cm³/mol. The molecule has 2 atom stereocenters. The average Bonchev–Trinajstić information content (AvgIpc) is 2.39. The number of benzene rings is 1. The minimum Gasteiger partial charge on any atom is -0.497 e. The van der Waals surface area contributed by atoms with Crippen LogP contribution in [0.2, 0.25) is 0 Å². The Hall–Kier alpha value is -1.31.